The molecule has 1 rings (SSSR count). The molecule has 0 radical (unpaired) electrons. The second-order valence-corrected chi connectivity index (χ2v) is 6.40. The number of methoxy groups -OCH3 is 1. The summed E-state index contributed by atoms with van der Waals surface area (Å²) in [4.78, 5) is 0. The fourth-order valence-corrected chi connectivity index (χ4v) is 2.54. The summed E-state index contributed by atoms with van der Waals surface area (Å²) in [6.07, 6.45) is 1.95. The van der Waals surface area contributed by atoms with Gasteiger partial charge in [-0.15, -0.1) is 0 Å². The average Bonchev–Trinajstić information content (AvgIpc) is 2.43. The van der Waals surface area contributed by atoms with E-state index in [9.17, 15) is 4.39 Å². The molecular weight excluding hydrogens is 265 g/mol. The van der Waals surface area contributed by atoms with Crippen molar-refractivity contribution in [1.29, 1.82) is 0 Å². The monoisotopic (exact) mass is 295 g/mol. The molecule has 1 N–H and O–H groups in total. The molecule has 0 aliphatic carbocycles. The van der Waals surface area contributed by atoms with E-state index in [2.05, 4.69) is 26.1 Å². The number of benzene rings is 1. The van der Waals surface area contributed by atoms with E-state index in [1.165, 1.54) is 6.07 Å². The van der Waals surface area contributed by atoms with Gasteiger partial charge in [0.15, 0.2) is 0 Å². The van der Waals surface area contributed by atoms with Crippen molar-refractivity contribution >= 4 is 0 Å². The minimum atomic E-state index is -0.147. The van der Waals surface area contributed by atoms with Gasteiger partial charge in [-0.05, 0) is 61.4 Å². The van der Waals surface area contributed by atoms with Crippen LogP contribution >= 0.6 is 0 Å². The molecular formula is C18H30FNO. The summed E-state index contributed by atoms with van der Waals surface area (Å²) in [6.45, 7) is 9.47. The van der Waals surface area contributed by atoms with Crippen molar-refractivity contribution in [3.05, 3.63) is 35.6 Å². The van der Waals surface area contributed by atoms with Gasteiger partial charge in [-0.1, -0.05) is 32.9 Å². The second-order valence-electron chi connectivity index (χ2n) is 6.40. The SMILES string of the molecule is COCCC(C)C(CNCC(C)C)Cc1cccc(F)c1. The quantitative estimate of drug-likeness (QED) is 0.707. The largest absolute Gasteiger partial charge is 0.385 e. The summed E-state index contributed by atoms with van der Waals surface area (Å²) >= 11 is 0. The Bertz CT molecular complexity index is 395. The van der Waals surface area contributed by atoms with Crippen LogP contribution in [-0.2, 0) is 11.2 Å². The molecule has 1 aromatic rings. The number of halogens is 1. The molecule has 3 heteroatoms. The molecule has 0 aliphatic heterocycles. The predicted molar refractivity (Wildman–Crippen MR) is 87.0 cm³/mol. The zero-order chi connectivity index (χ0) is 15.7. The topological polar surface area (TPSA) is 21.3 Å². The highest BCUT2D eigenvalue weighted by Gasteiger charge is 2.18. The van der Waals surface area contributed by atoms with Gasteiger partial charge in [0, 0.05) is 13.7 Å². The van der Waals surface area contributed by atoms with E-state index < -0.39 is 0 Å². The second kappa shape index (κ2) is 9.91. The van der Waals surface area contributed by atoms with Gasteiger partial charge in [-0.25, -0.2) is 4.39 Å². The van der Waals surface area contributed by atoms with Crippen molar-refractivity contribution in [2.24, 2.45) is 17.8 Å². The fourth-order valence-electron chi connectivity index (χ4n) is 2.54. The lowest BCUT2D eigenvalue weighted by molar-refractivity contribution is 0.163. The molecule has 1 aromatic carbocycles. The molecule has 2 nitrogen and oxygen atoms in total. The lowest BCUT2D eigenvalue weighted by Crippen LogP contribution is -2.31. The minimum absolute atomic E-state index is 0.147. The standard InChI is InChI=1S/C18H30FNO/c1-14(2)12-20-13-17(15(3)8-9-21-4)10-16-6-5-7-18(19)11-16/h5-7,11,14-15,17,20H,8-10,12-13H2,1-4H3. The van der Waals surface area contributed by atoms with Crippen molar-refractivity contribution in [1.82, 2.24) is 5.32 Å². The van der Waals surface area contributed by atoms with Crippen LogP contribution in [0.1, 0.15) is 32.8 Å². The first kappa shape index (κ1) is 18.1. The van der Waals surface area contributed by atoms with Gasteiger partial charge in [-0.2, -0.15) is 0 Å². The molecule has 0 saturated carbocycles. The van der Waals surface area contributed by atoms with Crippen molar-refractivity contribution in [3.63, 3.8) is 0 Å². The van der Waals surface area contributed by atoms with Crippen LogP contribution in [0, 0.1) is 23.6 Å². The highest BCUT2D eigenvalue weighted by molar-refractivity contribution is 5.17. The van der Waals surface area contributed by atoms with Gasteiger partial charge < -0.3 is 10.1 Å². The summed E-state index contributed by atoms with van der Waals surface area (Å²) < 4.78 is 18.5. The number of nitrogens with one attached hydrogen (secondary N) is 1. The van der Waals surface area contributed by atoms with Crippen LogP contribution in [0.3, 0.4) is 0 Å². The lowest BCUT2D eigenvalue weighted by atomic mass is 9.86. The van der Waals surface area contributed by atoms with Gasteiger partial charge in [0.1, 0.15) is 5.82 Å². The first-order chi connectivity index (χ1) is 10.0. The third-order valence-corrected chi connectivity index (χ3v) is 3.93. The Morgan fingerprint density at radius 1 is 1.19 bits per heavy atom. The Labute approximate surface area is 129 Å². The third kappa shape index (κ3) is 7.58. The number of ether oxygens (including phenoxy) is 1. The van der Waals surface area contributed by atoms with Gasteiger partial charge in [0.05, 0.1) is 0 Å². The van der Waals surface area contributed by atoms with E-state index in [1.54, 1.807) is 19.2 Å². The first-order valence-electron chi connectivity index (χ1n) is 7.97. The van der Waals surface area contributed by atoms with Crippen LogP contribution < -0.4 is 5.32 Å². The number of hydrogen-bond acceptors (Lipinski definition) is 2. The molecule has 0 bridgehead atoms. The third-order valence-electron chi connectivity index (χ3n) is 3.93. The molecule has 0 fully saturated rings. The summed E-state index contributed by atoms with van der Waals surface area (Å²) in [5, 5.41) is 3.54. The van der Waals surface area contributed by atoms with E-state index >= 15 is 0 Å². The Hall–Kier alpha value is -0.930. The lowest BCUT2D eigenvalue weighted by Gasteiger charge is -2.25. The smallest absolute Gasteiger partial charge is 0.123 e. The molecule has 21 heavy (non-hydrogen) atoms. The summed E-state index contributed by atoms with van der Waals surface area (Å²) in [5.74, 6) is 1.55. The highest BCUT2D eigenvalue weighted by atomic mass is 19.1. The van der Waals surface area contributed by atoms with Crippen LogP contribution in [-0.4, -0.2) is 26.8 Å². The normalized spacial score (nSPS) is 14.4. The van der Waals surface area contributed by atoms with Crippen LogP contribution in [0.2, 0.25) is 0 Å². The van der Waals surface area contributed by atoms with Crippen LogP contribution in [0.25, 0.3) is 0 Å². The van der Waals surface area contributed by atoms with Crippen molar-refractivity contribution in [2.45, 2.75) is 33.6 Å². The van der Waals surface area contributed by atoms with Crippen molar-refractivity contribution in [2.75, 3.05) is 26.8 Å². The van der Waals surface area contributed by atoms with E-state index in [4.69, 9.17) is 4.74 Å². The number of hydrogen-bond donors (Lipinski definition) is 1. The average molecular weight is 295 g/mol. The Kier molecular flexibility index (Phi) is 8.55. The Morgan fingerprint density at radius 2 is 1.95 bits per heavy atom. The maximum Gasteiger partial charge on any atom is 0.123 e. The molecule has 120 valence electrons. The summed E-state index contributed by atoms with van der Waals surface area (Å²) in [7, 11) is 1.74. The predicted octanol–water partition coefficient (Wildman–Crippen LogP) is 3.90. The molecule has 0 aliphatic rings. The van der Waals surface area contributed by atoms with E-state index in [1.807, 2.05) is 6.07 Å². The van der Waals surface area contributed by atoms with Gasteiger partial charge >= 0.3 is 0 Å². The van der Waals surface area contributed by atoms with Gasteiger partial charge in [0.2, 0.25) is 0 Å². The Morgan fingerprint density at radius 3 is 2.57 bits per heavy atom. The van der Waals surface area contributed by atoms with E-state index in [-0.39, 0.29) is 5.82 Å². The van der Waals surface area contributed by atoms with Gasteiger partial charge in [0.25, 0.3) is 0 Å². The first-order valence-corrected chi connectivity index (χ1v) is 7.97. The summed E-state index contributed by atoms with van der Waals surface area (Å²) in [6, 6.07) is 6.97. The van der Waals surface area contributed by atoms with E-state index in [0.29, 0.717) is 17.8 Å². The van der Waals surface area contributed by atoms with Crippen LogP contribution in [0.15, 0.2) is 24.3 Å². The maximum atomic E-state index is 13.3. The molecule has 0 spiro atoms. The minimum Gasteiger partial charge on any atom is -0.385 e. The molecule has 0 amide bonds. The molecule has 0 aromatic heterocycles. The van der Waals surface area contributed by atoms with E-state index in [0.717, 1.165) is 38.1 Å². The van der Waals surface area contributed by atoms with Gasteiger partial charge in [-0.3, -0.25) is 0 Å². The molecule has 2 unspecified atom stereocenters. The van der Waals surface area contributed by atoms with Crippen LogP contribution in [0.5, 0.6) is 0 Å². The summed E-state index contributed by atoms with van der Waals surface area (Å²) in [5.41, 5.74) is 1.08. The molecule has 2 atom stereocenters. The molecule has 0 saturated heterocycles. The van der Waals surface area contributed by atoms with Crippen LogP contribution in [0.4, 0.5) is 4.39 Å². The number of rotatable bonds is 10. The fraction of sp³-hybridized carbons (Fsp3) is 0.667. The van der Waals surface area contributed by atoms with Crippen molar-refractivity contribution < 1.29 is 9.13 Å². The van der Waals surface area contributed by atoms with Crippen molar-refractivity contribution in [3.8, 4) is 0 Å². The molecule has 0 heterocycles. The zero-order valence-corrected chi connectivity index (χ0v) is 13.9. The Balaban J connectivity index is 2.61. The zero-order valence-electron chi connectivity index (χ0n) is 13.9. The maximum absolute atomic E-state index is 13.3. The highest BCUT2D eigenvalue weighted by Crippen LogP contribution is 2.21.